The molecule has 1 unspecified atom stereocenters. The highest BCUT2D eigenvalue weighted by Crippen LogP contribution is 2.43. The van der Waals surface area contributed by atoms with E-state index in [-0.39, 0.29) is 6.04 Å². The molecule has 1 fully saturated rings. The van der Waals surface area contributed by atoms with E-state index in [2.05, 4.69) is 11.4 Å². The second-order valence-corrected chi connectivity index (χ2v) is 9.05. The van der Waals surface area contributed by atoms with Crippen molar-refractivity contribution in [1.29, 1.82) is 0 Å². The van der Waals surface area contributed by atoms with E-state index in [1.807, 2.05) is 19.1 Å². The summed E-state index contributed by atoms with van der Waals surface area (Å²) in [5.74, 6) is 0.675. The Bertz CT molecular complexity index is 838. The molecule has 0 N–H and O–H groups in total. The summed E-state index contributed by atoms with van der Waals surface area (Å²) in [4.78, 5) is 4.74. The fourth-order valence-electron chi connectivity index (χ4n) is 3.21. The molecule has 4 rings (SSSR count). The predicted octanol–water partition coefficient (Wildman–Crippen LogP) is 3.40. The first-order chi connectivity index (χ1) is 10.4. The van der Waals surface area contributed by atoms with Crippen molar-refractivity contribution in [1.82, 2.24) is 4.98 Å². The van der Waals surface area contributed by atoms with Gasteiger partial charge in [0.2, 0.25) is 10.0 Å². The molecule has 1 atom stereocenters. The lowest BCUT2D eigenvalue weighted by atomic mass is 10.1. The summed E-state index contributed by atoms with van der Waals surface area (Å²) in [7, 11) is -3.22. The van der Waals surface area contributed by atoms with Crippen LogP contribution in [0.2, 0.25) is 0 Å². The van der Waals surface area contributed by atoms with E-state index >= 15 is 0 Å². The molecule has 4 nitrogen and oxygen atoms in total. The van der Waals surface area contributed by atoms with Crippen molar-refractivity contribution >= 4 is 27.0 Å². The predicted molar refractivity (Wildman–Crippen MR) is 90.0 cm³/mol. The zero-order chi connectivity index (χ0) is 15.5. The molecule has 116 valence electrons. The number of anilines is 1. The van der Waals surface area contributed by atoms with Crippen LogP contribution in [0.15, 0.2) is 23.6 Å². The Morgan fingerprint density at radius 3 is 2.77 bits per heavy atom. The zero-order valence-electron chi connectivity index (χ0n) is 12.6. The highest BCUT2D eigenvalue weighted by atomic mass is 32.2. The highest BCUT2D eigenvalue weighted by Gasteiger charge is 2.32. The van der Waals surface area contributed by atoms with Gasteiger partial charge in [0.1, 0.15) is 0 Å². The number of sulfonamides is 1. The number of nitrogens with zero attached hydrogens (tertiary/aromatic N) is 2. The topological polar surface area (TPSA) is 50.3 Å². The Kier molecular flexibility index (Phi) is 3.10. The van der Waals surface area contributed by atoms with Gasteiger partial charge >= 0.3 is 0 Å². The third kappa shape index (κ3) is 2.34. The molecule has 1 aliphatic heterocycles. The van der Waals surface area contributed by atoms with Gasteiger partial charge in [-0.05, 0) is 43.9 Å². The Balaban J connectivity index is 1.72. The van der Waals surface area contributed by atoms with Crippen LogP contribution in [0.3, 0.4) is 0 Å². The lowest BCUT2D eigenvalue weighted by Crippen LogP contribution is -2.34. The first-order valence-electron chi connectivity index (χ1n) is 7.51. The Hall–Kier alpha value is -1.40. The minimum absolute atomic E-state index is 0.0160. The lowest BCUT2D eigenvalue weighted by Gasteiger charge is -2.21. The fourth-order valence-corrected chi connectivity index (χ4v) is 5.47. The van der Waals surface area contributed by atoms with Crippen LogP contribution in [0.4, 0.5) is 5.69 Å². The average Bonchev–Trinajstić information content (AvgIpc) is 3.06. The smallest absolute Gasteiger partial charge is 0.232 e. The monoisotopic (exact) mass is 334 g/mol. The van der Waals surface area contributed by atoms with Gasteiger partial charge in [-0.25, -0.2) is 13.4 Å². The molecule has 1 aromatic carbocycles. The Morgan fingerprint density at radius 2 is 2.09 bits per heavy atom. The molecule has 0 spiro atoms. The molecule has 1 aliphatic carbocycles. The van der Waals surface area contributed by atoms with Crippen molar-refractivity contribution in [3.8, 4) is 11.3 Å². The van der Waals surface area contributed by atoms with E-state index in [0.29, 0.717) is 5.92 Å². The maximum atomic E-state index is 12.0. The highest BCUT2D eigenvalue weighted by molar-refractivity contribution is 7.92. The standard InChI is InChI=1S/C16H18N2O2S2/c1-10-7-13-8-12(5-6-15(13)18(10)22(2,19)20)14-9-21-16(17-14)11-3-4-11/h5-6,8-11H,3-4,7H2,1-2H3. The van der Waals surface area contributed by atoms with Crippen LogP contribution in [0.1, 0.15) is 36.3 Å². The molecule has 1 aromatic heterocycles. The summed E-state index contributed by atoms with van der Waals surface area (Å²) in [6.45, 7) is 1.95. The number of benzene rings is 1. The average molecular weight is 334 g/mol. The molecule has 1 saturated carbocycles. The number of fused-ring (bicyclic) bond motifs is 1. The van der Waals surface area contributed by atoms with E-state index in [1.165, 1.54) is 28.4 Å². The normalized spacial score (nSPS) is 21.2. The maximum Gasteiger partial charge on any atom is 0.232 e. The van der Waals surface area contributed by atoms with Crippen molar-refractivity contribution < 1.29 is 8.42 Å². The molecule has 2 aliphatic rings. The van der Waals surface area contributed by atoms with Crippen molar-refractivity contribution in [2.45, 2.75) is 38.1 Å². The van der Waals surface area contributed by atoms with Gasteiger partial charge in [0, 0.05) is 22.9 Å². The Labute approximate surface area is 134 Å². The summed E-state index contributed by atoms with van der Waals surface area (Å²) in [5.41, 5.74) is 4.01. The summed E-state index contributed by atoms with van der Waals surface area (Å²) in [6.07, 6.45) is 4.56. The van der Waals surface area contributed by atoms with Crippen molar-refractivity contribution in [2.24, 2.45) is 0 Å². The van der Waals surface area contributed by atoms with E-state index in [9.17, 15) is 8.42 Å². The van der Waals surface area contributed by atoms with E-state index < -0.39 is 10.0 Å². The van der Waals surface area contributed by atoms with Gasteiger partial charge in [-0.2, -0.15) is 0 Å². The zero-order valence-corrected chi connectivity index (χ0v) is 14.2. The number of hydrogen-bond donors (Lipinski definition) is 0. The molecular formula is C16H18N2O2S2. The molecular weight excluding hydrogens is 316 g/mol. The molecule has 0 saturated heterocycles. The largest absolute Gasteiger partial charge is 0.267 e. The maximum absolute atomic E-state index is 12.0. The SMILES string of the molecule is CC1Cc2cc(-c3csc(C4CC4)n3)ccc2N1S(C)(=O)=O. The second-order valence-electron chi connectivity index (χ2n) is 6.30. The van der Waals surface area contributed by atoms with Gasteiger partial charge in [0.15, 0.2) is 0 Å². The van der Waals surface area contributed by atoms with Crippen LogP contribution in [0, 0.1) is 0 Å². The van der Waals surface area contributed by atoms with Crippen LogP contribution >= 0.6 is 11.3 Å². The fraction of sp³-hybridized carbons (Fsp3) is 0.438. The van der Waals surface area contributed by atoms with Crippen molar-refractivity contribution in [3.63, 3.8) is 0 Å². The van der Waals surface area contributed by atoms with Crippen LogP contribution < -0.4 is 4.31 Å². The second kappa shape index (κ2) is 4.80. The molecule has 22 heavy (non-hydrogen) atoms. The summed E-state index contributed by atoms with van der Waals surface area (Å²) >= 11 is 1.74. The first kappa shape index (κ1) is 14.2. The van der Waals surface area contributed by atoms with Gasteiger partial charge in [-0.3, -0.25) is 4.31 Å². The van der Waals surface area contributed by atoms with Gasteiger partial charge < -0.3 is 0 Å². The van der Waals surface area contributed by atoms with Crippen LogP contribution in [0.5, 0.6) is 0 Å². The third-order valence-corrected chi connectivity index (χ3v) is 6.61. The lowest BCUT2D eigenvalue weighted by molar-refractivity contribution is 0.590. The molecule has 0 amide bonds. The quantitative estimate of drug-likeness (QED) is 0.864. The number of rotatable bonds is 3. The minimum atomic E-state index is -3.22. The first-order valence-corrected chi connectivity index (χ1v) is 10.2. The third-order valence-electron chi connectivity index (χ3n) is 4.33. The molecule has 6 heteroatoms. The van der Waals surface area contributed by atoms with E-state index in [1.54, 1.807) is 11.3 Å². The minimum Gasteiger partial charge on any atom is -0.267 e. The number of thiazole rings is 1. The summed E-state index contributed by atoms with van der Waals surface area (Å²) in [5, 5.41) is 3.35. The van der Waals surface area contributed by atoms with Crippen LogP contribution in [-0.2, 0) is 16.4 Å². The number of hydrogen-bond acceptors (Lipinski definition) is 4. The van der Waals surface area contributed by atoms with E-state index in [0.717, 1.165) is 28.9 Å². The molecule has 2 heterocycles. The van der Waals surface area contributed by atoms with Gasteiger partial charge in [-0.15, -0.1) is 11.3 Å². The molecule has 0 bridgehead atoms. The molecule has 2 aromatic rings. The summed E-state index contributed by atoms with van der Waals surface area (Å²) in [6, 6.07) is 5.99. The Morgan fingerprint density at radius 1 is 1.32 bits per heavy atom. The van der Waals surface area contributed by atoms with Crippen molar-refractivity contribution in [3.05, 3.63) is 34.2 Å². The van der Waals surface area contributed by atoms with Crippen molar-refractivity contribution in [2.75, 3.05) is 10.6 Å². The van der Waals surface area contributed by atoms with Gasteiger partial charge in [-0.1, -0.05) is 6.07 Å². The van der Waals surface area contributed by atoms with Crippen LogP contribution in [-0.4, -0.2) is 25.7 Å². The van der Waals surface area contributed by atoms with Crippen LogP contribution in [0.25, 0.3) is 11.3 Å². The summed E-state index contributed by atoms with van der Waals surface area (Å²) < 4.78 is 25.5. The number of aromatic nitrogens is 1. The molecule has 0 radical (unpaired) electrons. The van der Waals surface area contributed by atoms with Gasteiger partial charge in [0.25, 0.3) is 0 Å². The van der Waals surface area contributed by atoms with Gasteiger partial charge in [0.05, 0.1) is 22.6 Å². The van der Waals surface area contributed by atoms with E-state index in [4.69, 9.17) is 4.98 Å².